The summed E-state index contributed by atoms with van der Waals surface area (Å²) < 4.78 is 0. The highest BCUT2D eigenvalue weighted by atomic mass is 16.1. The lowest BCUT2D eigenvalue weighted by Crippen LogP contribution is -2.08. The first-order valence-corrected chi connectivity index (χ1v) is 4.79. The number of carbonyl (C=O) groups excluding carboxylic acids is 3. The van der Waals surface area contributed by atoms with Gasteiger partial charge in [-0.05, 0) is 13.0 Å². The first kappa shape index (κ1) is 12.8. The largest absolute Gasteiger partial charge is 0.299 e. The standard InChI is InChI=1S/C11H16O3/c1-3-5-10(13)6-7-11(14)8-9(12)4-2/h3,5H,4,6-8H2,1-2H3/b5-3+. The summed E-state index contributed by atoms with van der Waals surface area (Å²) >= 11 is 0. The van der Waals surface area contributed by atoms with E-state index in [1.807, 2.05) is 0 Å². The second kappa shape index (κ2) is 7.18. The van der Waals surface area contributed by atoms with E-state index in [0.29, 0.717) is 6.42 Å². The van der Waals surface area contributed by atoms with Crippen LogP contribution in [-0.4, -0.2) is 17.3 Å². The van der Waals surface area contributed by atoms with Crippen molar-refractivity contribution in [2.75, 3.05) is 0 Å². The summed E-state index contributed by atoms with van der Waals surface area (Å²) in [6.07, 6.45) is 3.82. The number of rotatable bonds is 7. The molecule has 0 heterocycles. The van der Waals surface area contributed by atoms with Crippen molar-refractivity contribution in [2.45, 2.75) is 39.5 Å². The molecule has 0 aliphatic rings. The fraction of sp³-hybridized carbons (Fsp3) is 0.545. The monoisotopic (exact) mass is 196 g/mol. The van der Waals surface area contributed by atoms with Crippen LogP contribution in [0.3, 0.4) is 0 Å². The number of allylic oxidation sites excluding steroid dienone is 2. The average molecular weight is 196 g/mol. The Hall–Kier alpha value is -1.25. The molecule has 3 heteroatoms. The van der Waals surface area contributed by atoms with Crippen molar-refractivity contribution in [1.29, 1.82) is 0 Å². The predicted octanol–water partition coefficient (Wildman–Crippen LogP) is 1.85. The minimum Gasteiger partial charge on any atom is -0.299 e. The van der Waals surface area contributed by atoms with Gasteiger partial charge in [0.2, 0.25) is 0 Å². The Bertz CT molecular complexity index is 251. The maximum absolute atomic E-state index is 11.1. The summed E-state index contributed by atoms with van der Waals surface area (Å²) in [6, 6.07) is 0. The molecule has 0 aliphatic heterocycles. The van der Waals surface area contributed by atoms with Gasteiger partial charge in [0.15, 0.2) is 5.78 Å². The van der Waals surface area contributed by atoms with E-state index >= 15 is 0 Å². The second-order valence-corrected chi connectivity index (χ2v) is 3.07. The number of carbonyl (C=O) groups is 3. The molecule has 0 saturated heterocycles. The van der Waals surface area contributed by atoms with Crippen molar-refractivity contribution in [3.8, 4) is 0 Å². The summed E-state index contributed by atoms with van der Waals surface area (Å²) in [5.41, 5.74) is 0. The van der Waals surface area contributed by atoms with Gasteiger partial charge in [0.25, 0.3) is 0 Å². The lowest BCUT2D eigenvalue weighted by molar-refractivity contribution is -0.128. The Morgan fingerprint density at radius 3 is 2.21 bits per heavy atom. The third kappa shape index (κ3) is 6.29. The van der Waals surface area contributed by atoms with Gasteiger partial charge in [0.05, 0.1) is 6.42 Å². The summed E-state index contributed by atoms with van der Waals surface area (Å²) in [5, 5.41) is 0. The van der Waals surface area contributed by atoms with E-state index in [9.17, 15) is 14.4 Å². The Labute approximate surface area is 84.2 Å². The van der Waals surface area contributed by atoms with E-state index in [-0.39, 0.29) is 36.6 Å². The molecule has 0 aromatic heterocycles. The van der Waals surface area contributed by atoms with E-state index in [1.54, 1.807) is 19.9 Å². The zero-order chi connectivity index (χ0) is 11.0. The van der Waals surface area contributed by atoms with Gasteiger partial charge in [-0.3, -0.25) is 14.4 Å². The molecule has 0 rings (SSSR count). The number of hydrogen-bond acceptors (Lipinski definition) is 3. The maximum Gasteiger partial charge on any atom is 0.155 e. The highest BCUT2D eigenvalue weighted by Crippen LogP contribution is 1.99. The minimum atomic E-state index is -0.144. The smallest absolute Gasteiger partial charge is 0.155 e. The highest BCUT2D eigenvalue weighted by molar-refractivity contribution is 6.01. The molecule has 14 heavy (non-hydrogen) atoms. The van der Waals surface area contributed by atoms with Crippen LogP contribution >= 0.6 is 0 Å². The molecule has 0 saturated carbocycles. The topological polar surface area (TPSA) is 51.2 Å². The van der Waals surface area contributed by atoms with Crippen LogP contribution in [0, 0.1) is 0 Å². The predicted molar refractivity (Wildman–Crippen MR) is 54.0 cm³/mol. The molecule has 0 bridgehead atoms. The van der Waals surface area contributed by atoms with Gasteiger partial charge in [-0.25, -0.2) is 0 Å². The molecule has 0 unspecified atom stereocenters. The molecule has 0 N–H and O–H groups in total. The molecule has 0 aromatic rings. The van der Waals surface area contributed by atoms with Crippen LogP contribution in [0.5, 0.6) is 0 Å². The van der Waals surface area contributed by atoms with Crippen LogP contribution < -0.4 is 0 Å². The lowest BCUT2D eigenvalue weighted by Gasteiger charge is -1.96. The molecule has 0 spiro atoms. The summed E-state index contributed by atoms with van der Waals surface area (Å²) in [7, 11) is 0. The first-order valence-electron chi connectivity index (χ1n) is 4.79. The Morgan fingerprint density at radius 2 is 1.71 bits per heavy atom. The first-order chi connectivity index (χ1) is 6.60. The molecular formula is C11H16O3. The molecule has 0 radical (unpaired) electrons. The normalized spacial score (nSPS) is 10.4. The van der Waals surface area contributed by atoms with Crippen molar-refractivity contribution in [3.63, 3.8) is 0 Å². The molecular weight excluding hydrogens is 180 g/mol. The molecule has 3 nitrogen and oxygen atoms in total. The van der Waals surface area contributed by atoms with Crippen LogP contribution in [-0.2, 0) is 14.4 Å². The number of ketones is 3. The maximum atomic E-state index is 11.1. The SMILES string of the molecule is C/C=C/C(=O)CCC(=O)CC(=O)CC. The minimum absolute atomic E-state index is 0.0282. The zero-order valence-electron chi connectivity index (χ0n) is 8.71. The molecule has 78 valence electrons. The molecule has 0 aromatic carbocycles. The van der Waals surface area contributed by atoms with E-state index in [1.165, 1.54) is 6.08 Å². The Morgan fingerprint density at radius 1 is 1.07 bits per heavy atom. The molecule has 0 aliphatic carbocycles. The fourth-order valence-electron chi connectivity index (χ4n) is 0.965. The highest BCUT2D eigenvalue weighted by Gasteiger charge is 2.08. The van der Waals surface area contributed by atoms with Crippen molar-refractivity contribution >= 4 is 17.3 Å². The van der Waals surface area contributed by atoms with Gasteiger partial charge in [-0.1, -0.05) is 13.0 Å². The van der Waals surface area contributed by atoms with E-state index in [2.05, 4.69) is 0 Å². The summed E-state index contributed by atoms with van der Waals surface area (Å²) in [5.74, 6) is -0.270. The van der Waals surface area contributed by atoms with Gasteiger partial charge >= 0.3 is 0 Å². The van der Waals surface area contributed by atoms with Crippen LogP contribution in [0.1, 0.15) is 39.5 Å². The zero-order valence-corrected chi connectivity index (χ0v) is 8.71. The van der Waals surface area contributed by atoms with E-state index in [4.69, 9.17) is 0 Å². The number of Topliss-reactive ketones (excluding diaryl/α,β-unsaturated/α-hetero) is 2. The van der Waals surface area contributed by atoms with Crippen molar-refractivity contribution in [2.24, 2.45) is 0 Å². The third-order valence-corrected chi connectivity index (χ3v) is 1.79. The van der Waals surface area contributed by atoms with E-state index in [0.717, 1.165) is 0 Å². The summed E-state index contributed by atoms with van der Waals surface area (Å²) in [4.78, 5) is 33.0. The Balaban J connectivity index is 3.74. The Kier molecular flexibility index (Phi) is 6.54. The average Bonchev–Trinajstić information content (AvgIpc) is 2.15. The van der Waals surface area contributed by atoms with Crippen molar-refractivity contribution < 1.29 is 14.4 Å². The fourth-order valence-corrected chi connectivity index (χ4v) is 0.965. The van der Waals surface area contributed by atoms with Gasteiger partial charge in [-0.2, -0.15) is 0 Å². The van der Waals surface area contributed by atoms with Crippen LogP contribution in [0.15, 0.2) is 12.2 Å². The van der Waals surface area contributed by atoms with Gasteiger partial charge in [0, 0.05) is 19.3 Å². The van der Waals surface area contributed by atoms with Crippen LogP contribution in [0.2, 0.25) is 0 Å². The molecule has 0 amide bonds. The van der Waals surface area contributed by atoms with Gasteiger partial charge in [0.1, 0.15) is 11.6 Å². The van der Waals surface area contributed by atoms with Gasteiger partial charge < -0.3 is 0 Å². The molecule has 0 atom stereocenters. The van der Waals surface area contributed by atoms with Gasteiger partial charge in [-0.15, -0.1) is 0 Å². The third-order valence-electron chi connectivity index (χ3n) is 1.79. The van der Waals surface area contributed by atoms with Crippen molar-refractivity contribution in [3.05, 3.63) is 12.2 Å². The van der Waals surface area contributed by atoms with Crippen molar-refractivity contribution in [1.82, 2.24) is 0 Å². The lowest BCUT2D eigenvalue weighted by atomic mass is 10.1. The number of hydrogen-bond donors (Lipinski definition) is 0. The van der Waals surface area contributed by atoms with Crippen LogP contribution in [0.25, 0.3) is 0 Å². The van der Waals surface area contributed by atoms with Crippen LogP contribution in [0.4, 0.5) is 0 Å². The van der Waals surface area contributed by atoms with E-state index < -0.39 is 0 Å². The quantitative estimate of drug-likeness (QED) is 0.461. The second-order valence-electron chi connectivity index (χ2n) is 3.07. The molecule has 0 fully saturated rings. The summed E-state index contributed by atoms with van der Waals surface area (Å²) in [6.45, 7) is 3.47.